The van der Waals surface area contributed by atoms with Crippen LogP contribution in [-0.4, -0.2) is 20.3 Å². The van der Waals surface area contributed by atoms with Gasteiger partial charge in [0.25, 0.3) is 0 Å². The SMILES string of the molecule is COCCOc1c(N)cc(C)cc1N. The Kier molecular flexibility index (Phi) is 3.59. The Morgan fingerprint density at radius 2 is 1.71 bits per heavy atom. The van der Waals surface area contributed by atoms with E-state index in [-0.39, 0.29) is 0 Å². The Hall–Kier alpha value is -1.42. The molecule has 0 aliphatic carbocycles. The molecule has 78 valence electrons. The summed E-state index contributed by atoms with van der Waals surface area (Å²) >= 11 is 0. The van der Waals surface area contributed by atoms with Gasteiger partial charge in [-0.25, -0.2) is 0 Å². The number of rotatable bonds is 4. The third-order valence-electron chi connectivity index (χ3n) is 1.82. The molecule has 14 heavy (non-hydrogen) atoms. The molecule has 0 aliphatic heterocycles. The maximum absolute atomic E-state index is 5.76. The second-order valence-corrected chi connectivity index (χ2v) is 3.11. The Morgan fingerprint density at radius 1 is 1.14 bits per heavy atom. The van der Waals surface area contributed by atoms with Crippen LogP contribution >= 0.6 is 0 Å². The zero-order valence-corrected chi connectivity index (χ0v) is 8.54. The molecular formula is C10H16N2O2. The second-order valence-electron chi connectivity index (χ2n) is 3.11. The highest BCUT2D eigenvalue weighted by Crippen LogP contribution is 2.30. The van der Waals surface area contributed by atoms with E-state index in [1.165, 1.54) is 0 Å². The van der Waals surface area contributed by atoms with Gasteiger partial charge in [-0.15, -0.1) is 0 Å². The second kappa shape index (κ2) is 4.72. The van der Waals surface area contributed by atoms with E-state index in [0.717, 1.165) is 5.56 Å². The predicted octanol–water partition coefficient (Wildman–Crippen LogP) is 1.18. The molecule has 0 heterocycles. The van der Waals surface area contributed by atoms with Crippen LogP contribution in [0, 0.1) is 6.92 Å². The van der Waals surface area contributed by atoms with Crippen LogP contribution in [0.4, 0.5) is 11.4 Å². The average molecular weight is 196 g/mol. The normalized spacial score (nSPS) is 10.1. The van der Waals surface area contributed by atoms with Crippen molar-refractivity contribution < 1.29 is 9.47 Å². The standard InChI is InChI=1S/C10H16N2O2/c1-7-5-8(11)10(9(12)6-7)14-4-3-13-2/h5-6H,3-4,11-12H2,1-2H3. The van der Waals surface area contributed by atoms with Gasteiger partial charge in [-0.3, -0.25) is 0 Å². The maximum atomic E-state index is 5.76. The first-order valence-electron chi connectivity index (χ1n) is 4.42. The van der Waals surface area contributed by atoms with Gasteiger partial charge in [0, 0.05) is 7.11 Å². The lowest BCUT2D eigenvalue weighted by molar-refractivity contribution is 0.147. The van der Waals surface area contributed by atoms with E-state index >= 15 is 0 Å². The topological polar surface area (TPSA) is 70.5 Å². The van der Waals surface area contributed by atoms with Gasteiger partial charge in [-0.05, 0) is 24.6 Å². The number of nitrogen functional groups attached to an aromatic ring is 2. The third kappa shape index (κ3) is 2.53. The number of hydrogen-bond donors (Lipinski definition) is 2. The quantitative estimate of drug-likeness (QED) is 0.560. The molecule has 0 unspecified atom stereocenters. The van der Waals surface area contributed by atoms with Gasteiger partial charge in [-0.1, -0.05) is 0 Å². The summed E-state index contributed by atoms with van der Waals surface area (Å²) in [4.78, 5) is 0. The monoisotopic (exact) mass is 196 g/mol. The van der Waals surface area contributed by atoms with E-state index in [0.29, 0.717) is 30.3 Å². The number of ether oxygens (including phenoxy) is 2. The lowest BCUT2D eigenvalue weighted by Crippen LogP contribution is -2.08. The van der Waals surface area contributed by atoms with Crippen molar-refractivity contribution in [3.05, 3.63) is 17.7 Å². The molecule has 0 aliphatic rings. The molecule has 4 nitrogen and oxygen atoms in total. The first-order chi connectivity index (χ1) is 6.65. The molecule has 1 aromatic rings. The van der Waals surface area contributed by atoms with Gasteiger partial charge in [0.1, 0.15) is 6.61 Å². The summed E-state index contributed by atoms with van der Waals surface area (Å²) in [6.45, 7) is 2.91. The van der Waals surface area contributed by atoms with E-state index in [1.54, 1.807) is 7.11 Å². The van der Waals surface area contributed by atoms with Crippen LogP contribution in [0.25, 0.3) is 0 Å². The average Bonchev–Trinajstić information content (AvgIpc) is 2.09. The summed E-state index contributed by atoms with van der Waals surface area (Å²) < 4.78 is 10.2. The number of hydrogen-bond acceptors (Lipinski definition) is 4. The van der Waals surface area contributed by atoms with Crippen molar-refractivity contribution in [2.45, 2.75) is 6.92 Å². The van der Waals surface area contributed by atoms with E-state index in [2.05, 4.69) is 0 Å². The van der Waals surface area contributed by atoms with Crippen molar-refractivity contribution in [1.29, 1.82) is 0 Å². The fourth-order valence-corrected chi connectivity index (χ4v) is 1.22. The molecule has 0 spiro atoms. The molecule has 0 saturated carbocycles. The minimum Gasteiger partial charge on any atom is -0.487 e. The van der Waals surface area contributed by atoms with Crippen LogP contribution < -0.4 is 16.2 Å². The smallest absolute Gasteiger partial charge is 0.165 e. The molecular weight excluding hydrogens is 180 g/mol. The summed E-state index contributed by atoms with van der Waals surface area (Å²) in [5.74, 6) is 0.549. The zero-order valence-electron chi connectivity index (χ0n) is 8.54. The molecule has 1 rings (SSSR count). The van der Waals surface area contributed by atoms with Crippen LogP contribution in [0.15, 0.2) is 12.1 Å². The lowest BCUT2D eigenvalue weighted by Gasteiger charge is -2.11. The molecule has 4 heteroatoms. The van der Waals surface area contributed by atoms with E-state index in [4.69, 9.17) is 20.9 Å². The number of methoxy groups -OCH3 is 1. The van der Waals surface area contributed by atoms with Gasteiger partial charge >= 0.3 is 0 Å². The molecule has 0 radical (unpaired) electrons. The highest BCUT2D eigenvalue weighted by atomic mass is 16.5. The Labute approximate surface area is 83.8 Å². The minimum absolute atomic E-state index is 0.452. The number of benzene rings is 1. The fraction of sp³-hybridized carbons (Fsp3) is 0.400. The predicted molar refractivity (Wildman–Crippen MR) is 57.4 cm³/mol. The van der Waals surface area contributed by atoms with Gasteiger partial charge in [0.05, 0.1) is 18.0 Å². The summed E-state index contributed by atoms with van der Waals surface area (Å²) in [5.41, 5.74) is 13.7. The molecule has 0 bridgehead atoms. The maximum Gasteiger partial charge on any atom is 0.165 e. The number of anilines is 2. The summed E-state index contributed by atoms with van der Waals surface area (Å²) in [5, 5.41) is 0. The van der Waals surface area contributed by atoms with Crippen molar-refractivity contribution >= 4 is 11.4 Å². The van der Waals surface area contributed by atoms with Gasteiger partial charge in [-0.2, -0.15) is 0 Å². The van der Waals surface area contributed by atoms with Gasteiger partial charge in [0.15, 0.2) is 5.75 Å². The fourth-order valence-electron chi connectivity index (χ4n) is 1.22. The van der Waals surface area contributed by atoms with Crippen molar-refractivity contribution in [2.24, 2.45) is 0 Å². The summed E-state index contributed by atoms with van der Waals surface area (Å²) in [6.07, 6.45) is 0. The largest absolute Gasteiger partial charge is 0.487 e. The van der Waals surface area contributed by atoms with E-state index < -0.39 is 0 Å². The Morgan fingerprint density at radius 3 is 2.21 bits per heavy atom. The van der Waals surface area contributed by atoms with Gasteiger partial charge < -0.3 is 20.9 Å². The Bertz CT molecular complexity index is 290. The highest BCUT2D eigenvalue weighted by molar-refractivity contribution is 5.68. The minimum atomic E-state index is 0.452. The Balaban J connectivity index is 2.75. The van der Waals surface area contributed by atoms with Crippen LogP contribution in [0.5, 0.6) is 5.75 Å². The molecule has 0 atom stereocenters. The summed E-state index contributed by atoms with van der Waals surface area (Å²) in [6, 6.07) is 3.66. The number of aryl methyl sites for hydroxylation is 1. The lowest BCUT2D eigenvalue weighted by atomic mass is 10.2. The third-order valence-corrected chi connectivity index (χ3v) is 1.82. The molecule has 1 aromatic carbocycles. The first-order valence-corrected chi connectivity index (χ1v) is 4.42. The van der Waals surface area contributed by atoms with E-state index in [9.17, 15) is 0 Å². The molecule has 0 saturated heterocycles. The van der Waals surface area contributed by atoms with Crippen LogP contribution in [0.1, 0.15) is 5.56 Å². The zero-order chi connectivity index (χ0) is 10.6. The highest BCUT2D eigenvalue weighted by Gasteiger charge is 2.05. The van der Waals surface area contributed by atoms with Gasteiger partial charge in [0.2, 0.25) is 0 Å². The number of nitrogens with two attached hydrogens (primary N) is 2. The van der Waals surface area contributed by atoms with Crippen molar-refractivity contribution in [3.63, 3.8) is 0 Å². The molecule has 0 amide bonds. The summed E-state index contributed by atoms with van der Waals surface area (Å²) in [7, 11) is 1.62. The molecule has 0 aromatic heterocycles. The van der Waals surface area contributed by atoms with Crippen LogP contribution in [0.3, 0.4) is 0 Å². The van der Waals surface area contributed by atoms with Crippen molar-refractivity contribution in [1.82, 2.24) is 0 Å². The molecule has 4 N–H and O–H groups in total. The first kappa shape index (κ1) is 10.7. The molecule has 0 fully saturated rings. The van der Waals surface area contributed by atoms with Crippen LogP contribution in [-0.2, 0) is 4.74 Å². The van der Waals surface area contributed by atoms with Crippen molar-refractivity contribution in [2.75, 3.05) is 31.8 Å². The van der Waals surface area contributed by atoms with E-state index in [1.807, 2.05) is 19.1 Å². The van der Waals surface area contributed by atoms with Crippen LogP contribution in [0.2, 0.25) is 0 Å². The van der Waals surface area contributed by atoms with Crippen molar-refractivity contribution in [3.8, 4) is 5.75 Å².